The first-order chi connectivity index (χ1) is 8.63. The highest BCUT2D eigenvalue weighted by molar-refractivity contribution is 5.85. The van der Waals surface area contributed by atoms with Crippen molar-refractivity contribution in [1.29, 1.82) is 0 Å². The van der Waals surface area contributed by atoms with E-state index in [0.717, 1.165) is 44.7 Å². The molecular weight excluding hydrogens is 230 g/mol. The Labute approximate surface area is 108 Å². The molecule has 1 aliphatic carbocycles. The molecule has 0 aromatic heterocycles. The summed E-state index contributed by atoms with van der Waals surface area (Å²) in [5, 5.41) is 9.14. The Kier molecular flexibility index (Phi) is 4.25. The van der Waals surface area contributed by atoms with Crippen LogP contribution in [0.15, 0.2) is 0 Å². The number of carboxylic acids is 1. The van der Waals surface area contributed by atoms with Crippen LogP contribution in [0.1, 0.15) is 45.4 Å². The molecule has 0 spiro atoms. The summed E-state index contributed by atoms with van der Waals surface area (Å²) >= 11 is 0. The van der Waals surface area contributed by atoms with Gasteiger partial charge < -0.3 is 10.0 Å². The van der Waals surface area contributed by atoms with Gasteiger partial charge in [0.15, 0.2) is 0 Å². The van der Waals surface area contributed by atoms with Gasteiger partial charge in [-0.2, -0.15) is 0 Å². The van der Waals surface area contributed by atoms with Crippen LogP contribution in [-0.2, 0) is 9.59 Å². The summed E-state index contributed by atoms with van der Waals surface area (Å²) in [7, 11) is 0. The van der Waals surface area contributed by atoms with Crippen LogP contribution in [0.4, 0.5) is 0 Å². The molecular formula is C14H23NO3. The number of aliphatic carboxylic acids is 1. The van der Waals surface area contributed by atoms with Crippen LogP contribution in [0.5, 0.6) is 0 Å². The summed E-state index contributed by atoms with van der Waals surface area (Å²) < 4.78 is 0. The third-order valence-electron chi connectivity index (χ3n) is 4.65. The van der Waals surface area contributed by atoms with Gasteiger partial charge in [-0.1, -0.05) is 19.8 Å². The molecule has 1 N–H and O–H groups in total. The third-order valence-corrected chi connectivity index (χ3v) is 4.65. The molecule has 1 saturated carbocycles. The maximum atomic E-state index is 12.4. The summed E-state index contributed by atoms with van der Waals surface area (Å²) in [5.74, 6) is -0.668. The van der Waals surface area contributed by atoms with E-state index in [2.05, 4.69) is 6.92 Å². The molecule has 2 atom stereocenters. The predicted octanol–water partition coefficient (Wildman–Crippen LogP) is 2.14. The zero-order chi connectivity index (χ0) is 13.1. The third kappa shape index (κ3) is 2.68. The number of rotatable bonds is 3. The first-order valence-electron chi connectivity index (χ1n) is 7.15. The zero-order valence-electron chi connectivity index (χ0n) is 11.1. The van der Waals surface area contributed by atoms with E-state index in [1.165, 1.54) is 6.42 Å². The van der Waals surface area contributed by atoms with Gasteiger partial charge in [0.1, 0.15) is 0 Å². The molecule has 2 aliphatic rings. The van der Waals surface area contributed by atoms with Crippen molar-refractivity contribution >= 4 is 11.9 Å². The van der Waals surface area contributed by atoms with Crippen LogP contribution in [0.2, 0.25) is 0 Å². The molecule has 18 heavy (non-hydrogen) atoms. The van der Waals surface area contributed by atoms with Crippen molar-refractivity contribution in [3.8, 4) is 0 Å². The molecule has 2 fully saturated rings. The van der Waals surface area contributed by atoms with Gasteiger partial charge in [-0.15, -0.1) is 0 Å². The first-order valence-corrected chi connectivity index (χ1v) is 7.15. The molecule has 0 aromatic carbocycles. The molecule has 0 aromatic rings. The summed E-state index contributed by atoms with van der Waals surface area (Å²) in [5.41, 5.74) is 0. The summed E-state index contributed by atoms with van der Waals surface area (Å²) in [4.78, 5) is 25.4. The van der Waals surface area contributed by atoms with E-state index in [1.54, 1.807) is 0 Å². The Morgan fingerprint density at radius 2 is 1.72 bits per heavy atom. The number of hydrogen-bond donors (Lipinski definition) is 1. The number of carbonyl (C=O) groups is 2. The smallest absolute Gasteiger partial charge is 0.307 e. The van der Waals surface area contributed by atoms with Gasteiger partial charge in [0.2, 0.25) is 5.91 Å². The molecule has 0 radical (unpaired) electrons. The highest BCUT2D eigenvalue weighted by Crippen LogP contribution is 2.34. The average molecular weight is 253 g/mol. The molecule has 1 heterocycles. The Morgan fingerprint density at radius 1 is 1.11 bits per heavy atom. The molecule has 1 aliphatic heterocycles. The fourth-order valence-corrected chi connectivity index (χ4v) is 3.35. The number of hydrogen-bond acceptors (Lipinski definition) is 2. The Morgan fingerprint density at radius 3 is 2.28 bits per heavy atom. The second-order valence-corrected chi connectivity index (χ2v) is 5.66. The topological polar surface area (TPSA) is 57.6 Å². The van der Waals surface area contributed by atoms with E-state index >= 15 is 0 Å². The molecule has 2 rings (SSSR count). The van der Waals surface area contributed by atoms with Crippen molar-refractivity contribution < 1.29 is 14.7 Å². The summed E-state index contributed by atoms with van der Waals surface area (Å²) in [6, 6.07) is 0. The Bertz CT molecular complexity index is 321. The van der Waals surface area contributed by atoms with Crippen LogP contribution < -0.4 is 0 Å². The van der Waals surface area contributed by atoms with Crippen LogP contribution in [0.25, 0.3) is 0 Å². The van der Waals surface area contributed by atoms with Crippen LogP contribution in [-0.4, -0.2) is 35.0 Å². The molecule has 0 bridgehead atoms. The second kappa shape index (κ2) is 5.72. The van der Waals surface area contributed by atoms with E-state index in [0.29, 0.717) is 6.42 Å². The van der Waals surface area contributed by atoms with E-state index < -0.39 is 11.9 Å². The number of carboxylic acid groups (broad SMARTS) is 1. The number of carbonyl (C=O) groups excluding carboxylic acids is 1. The van der Waals surface area contributed by atoms with Crippen molar-refractivity contribution in [3.05, 3.63) is 0 Å². The number of amides is 1. The average Bonchev–Trinajstić information content (AvgIpc) is 2.87. The molecule has 1 saturated heterocycles. The first kappa shape index (κ1) is 13.4. The molecule has 4 heteroatoms. The molecule has 4 nitrogen and oxygen atoms in total. The lowest BCUT2D eigenvalue weighted by Gasteiger charge is -2.34. The van der Waals surface area contributed by atoms with Gasteiger partial charge in [-0.05, 0) is 31.6 Å². The van der Waals surface area contributed by atoms with Gasteiger partial charge in [0.25, 0.3) is 0 Å². The molecule has 102 valence electrons. The Balaban J connectivity index is 1.93. The zero-order valence-corrected chi connectivity index (χ0v) is 11.1. The van der Waals surface area contributed by atoms with Gasteiger partial charge in [-0.25, -0.2) is 0 Å². The van der Waals surface area contributed by atoms with Crippen molar-refractivity contribution in [3.63, 3.8) is 0 Å². The maximum Gasteiger partial charge on any atom is 0.307 e. The molecule has 1 amide bonds. The van der Waals surface area contributed by atoms with Crippen LogP contribution in [0, 0.1) is 17.8 Å². The standard InChI is InChI=1S/C14H23NO3/c1-2-10-6-8-15(9-7-10)13(16)11-4-3-5-12(11)14(17)18/h10-12H,2-9H2,1H3,(H,17,18). The van der Waals surface area contributed by atoms with Crippen molar-refractivity contribution in [2.75, 3.05) is 13.1 Å². The van der Waals surface area contributed by atoms with Crippen molar-refractivity contribution in [2.45, 2.75) is 45.4 Å². The normalized spacial score (nSPS) is 29.5. The van der Waals surface area contributed by atoms with Crippen molar-refractivity contribution in [1.82, 2.24) is 4.90 Å². The van der Waals surface area contributed by atoms with Crippen molar-refractivity contribution in [2.24, 2.45) is 17.8 Å². The largest absolute Gasteiger partial charge is 0.481 e. The predicted molar refractivity (Wildman–Crippen MR) is 68.1 cm³/mol. The lowest BCUT2D eigenvalue weighted by Crippen LogP contribution is -2.43. The van der Waals surface area contributed by atoms with E-state index in [-0.39, 0.29) is 11.8 Å². The fourth-order valence-electron chi connectivity index (χ4n) is 3.35. The summed E-state index contributed by atoms with van der Waals surface area (Å²) in [6.45, 7) is 3.83. The van der Waals surface area contributed by atoms with Gasteiger partial charge >= 0.3 is 5.97 Å². The van der Waals surface area contributed by atoms with E-state index in [9.17, 15) is 9.59 Å². The minimum absolute atomic E-state index is 0.0921. The quantitative estimate of drug-likeness (QED) is 0.838. The van der Waals surface area contributed by atoms with Gasteiger partial charge in [-0.3, -0.25) is 9.59 Å². The van der Waals surface area contributed by atoms with E-state index in [4.69, 9.17) is 5.11 Å². The SMILES string of the molecule is CCC1CCN(C(=O)C2CCCC2C(=O)O)CC1. The lowest BCUT2D eigenvalue weighted by atomic mass is 9.91. The molecule has 2 unspecified atom stereocenters. The summed E-state index contributed by atoms with van der Waals surface area (Å²) in [6.07, 6.45) is 5.63. The fraction of sp³-hybridized carbons (Fsp3) is 0.857. The van der Waals surface area contributed by atoms with Gasteiger partial charge in [0, 0.05) is 13.1 Å². The minimum atomic E-state index is -0.797. The van der Waals surface area contributed by atoms with Crippen LogP contribution >= 0.6 is 0 Å². The number of nitrogens with zero attached hydrogens (tertiary/aromatic N) is 1. The highest BCUT2D eigenvalue weighted by atomic mass is 16.4. The monoisotopic (exact) mass is 253 g/mol. The lowest BCUT2D eigenvalue weighted by molar-refractivity contribution is -0.149. The number of piperidine rings is 1. The van der Waals surface area contributed by atoms with Gasteiger partial charge in [0.05, 0.1) is 11.8 Å². The Hall–Kier alpha value is -1.06. The minimum Gasteiger partial charge on any atom is -0.481 e. The van der Waals surface area contributed by atoms with E-state index in [1.807, 2.05) is 4.90 Å². The van der Waals surface area contributed by atoms with Crippen LogP contribution in [0.3, 0.4) is 0 Å². The maximum absolute atomic E-state index is 12.4. The second-order valence-electron chi connectivity index (χ2n) is 5.66. The highest BCUT2D eigenvalue weighted by Gasteiger charge is 2.40. The number of likely N-dealkylation sites (tertiary alicyclic amines) is 1.